The van der Waals surface area contributed by atoms with Crippen LogP contribution in [-0.4, -0.2) is 39.4 Å². The van der Waals surface area contributed by atoms with E-state index in [0.717, 1.165) is 5.69 Å². The van der Waals surface area contributed by atoms with Crippen molar-refractivity contribution in [2.45, 2.75) is 32.2 Å². The van der Waals surface area contributed by atoms with Gasteiger partial charge >= 0.3 is 12.3 Å². The number of carboxylic acids is 1. The van der Waals surface area contributed by atoms with E-state index in [1.54, 1.807) is 36.0 Å². The van der Waals surface area contributed by atoms with Crippen molar-refractivity contribution in [1.29, 1.82) is 0 Å². The van der Waals surface area contributed by atoms with Gasteiger partial charge in [0.25, 0.3) is 0 Å². The van der Waals surface area contributed by atoms with Gasteiger partial charge < -0.3 is 19.3 Å². The number of benzene rings is 2. The standard InChI is InChI=1S/C23H23F3N2O5/c1-22(2,21(29)30)32-19-6-4-5-18(14-19)31-12-11-16-13-20(27-28(16)3)15-7-9-17(10-8-15)33-23(24,25)26/h4-10,13-14H,11-12H2,1-3H3,(H,29,30). The number of carboxylic acid groups (broad SMARTS) is 1. The van der Waals surface area contributed by atoms with Crippen LogP contribution in [0.4, 0.5) is 13.2 Å². The fraction of sp³-hybridized carbons (Fsp3) is 0.304. The minimum absolute atomic E-state index is 0.297. The molecular weight excluding hydrogens is 441 g/mol. The van der Waals surface area contributed by atoms with Gasteiger partial charge in [0.2, 0.25) is 0 Å². The van der Waals surface area contributed by atoms with E-state index in [1.165, 1.54) is 38.1 Å². The lowest BCUT2D eigenvalue weighted by Gasteiger charge is -2.21. The molecule has 0 radical (unpaired) electrons. The maximum Gasteiger partial charge on any atom is 0.573 e. The van der Waals surface area contributed by atoms with E-state index in [1.807, 2.05) is 6.07 Å². The highest BCUT2D eigenvalue weighted by atomic mass is 19.4. The number of nitrogens with zero attached hydrogens (tertiary/aromatic N) is 2. The van der Waals surface area contributed by atoms with E-state index < -0.39 is 17.9 Å². The molecule has 3 aromatic rings. The van der Waals surface area contributed by atoms with E-state index in [4.69, 9.17) is 9.47 Å². The summed E-state index contributed by atoms with van der Waals surface area (Å²) in [7, 11) is 1.77. The van der Waals surface area contributed by atoms with E-state index in [9.17, 15) is 23.1 Å². The van der Waals surface area contributed by atoms with Crippen LogP contribution in [0.2, 0.25) is 0 Å². The van der Waals surface area contributed by atoms with Gasteiger partial charge in [-0.3, -0.25) is 4.68 Å². The smallest absolute Gasteiger partial charge is 0.493 e. The molecular formula is C23H23F3N2O5. The normalized spacial score (nSPS) is 11.8. The zero-order valence-electron chi connectivity index (χ0n) is 18.2. The Balaban J connectivity index is 1.60. The number of hydrogen-bond acceptors (Lipinski definition) is 5. The Kier molecular flexibility index (Phi) is 6.85. The molecule has 0 amide bonds. The molecule has 7 nitrogen and oxygen atoms in total. The van der Waals surface area contributed by atoms with Gasteiger partial charge in [-0.1, -0.05) is 6.07 Å². The van der Waals surface area contributed by atoms with Gasteiger partial charge in [0, 0.05) is 30.8 Å². The maximum absolute atomic E-state index is 12.3. The lowest BCUT2D eigenvalue weighted by atomic mass is 10.1. The van der Waals surface area contributed by atoms with Crippen molar-refractivity contribution in [2.75, 3.05) is 6.61 Å². The zero-order valence-corrected chi connectivity index (χ0v) is 18.2. The molecule has 0 saturated carbocycles. The van der Waals surface area contributed by atoms with Crippen molar-refractivity contribution in [3.05, 3.63) is 60.3 Å². The van der Waals surface area contributed by atoms with Crippen LogP contribution < -0.4 is 14.2 Å². The number of aromatic nitrogens is 2. The average molecular weight is 464 g/mol. The molecule has 0 aliphatic rings. The summed E-state index contributed by atoms with van der Waals surface area (Å²) in [5, 5.41) is 13.6. The van der Waals surface area contributed by atoms with Crippen molar-refractivity contribution >= 4 is 5.97 Å². The SMILES string of the molecule is Cn1nc(-c2ccc(OC(F)(F)F)cc2)cc1CCOc1cccc(OC(C)(C)C(=O)O)c1. The molecule has 2 aromatic carbocycles. The monoisotopic (exact) mass is 464 g/mol. The number of halogens is 3. The van der Waals surface area contributed by atoms with Crippen LogP contribution in [0.15, 0.2) is 54.6 Å². The fourth-order valence-corrected chi connectivity index (χ4v) is 2.95. The third-order valence-corrected chi connectivity index (χ3v) is 4.68. The van der Waals surface area contributed by atoms with E-state index in [-0.39, 0.29) is 5.75 Å². The number of aryl methyl sites for hydroxylation is 1. The second-order valence-electron chi connectivity index (χ2n) is 7.71. The van der Waals surface area contributed by atoms with E-state index in [0.29, 0.717) is 35.8 Å². The lowest BCUT2D eigenvalue weighted by Crippen LogP contribution is -2.37. The summed E-state index contributed by atoms with van der Waals surface area (Å²) in [6.07, 6.45) is -4.22. The number of ether oxygens (including phenoxy) is 3. The summed E-state index contributed by atoms with van der Waals surface area (Å²) in [6.45, 7) is 3.24. The Labute approximate surface area is 188 Å². The largest absolute Gasteiger partial charge is 0.573 e. The molecule has 0 spiro atoms. The van der Waals surface area contributed by atoms with E-state index >= 15 is 0 Å². The molecule has 0 saturated heterocycles. The summed E-state index contributed by atoms with van der Waals surface area (Å²) in [4.78, 5) is 11.2. The third kappa shape index (κ3) is 6.64. The van der Waals surface area contributed by atoms with Crippen molar-refractivity contribution in [1.82, 2.24) is 9.78 Å². The van der Waals surface area contributed by atoms with Crippen molar-refractivity contribution < 1.29 is 37.3 Å². The van der Waals surface area contributed by atoms with Gasteiger partial charge in [0.05, 0.1) is 12.3 Å². The second-order valence-corrected chi connectivity index (χ2v) is 7.71. The quantitative estimate of drug-likeness (QED) is 0.488. The van der Waals surface area contributed by atoms with Gasteiger partial charge in [-0.15, -0.1) is 13.2 Å². The second kappa shape index (κ2) is 9.43. The van der Waals surface area contributed by atoms with Crippen molar-refractivity contribution in [2.24, 2.45) is 7.05 Å². The topological polar surface area (TPSA) is 82.8 Å². The third-order valence-electron chi connectivity index (χ3n) is 4.68. The molecule has 0 atom stereocenters. The summed E-state index contributed by atoms with van der Waals surface area (Å²) >= 11 is 0. The Morgan fingerprint density at radius 1 is 1.00 bits per heavy atom. The average Bonchev–Trinajstić information content (AvgIpc) is 3.08. The minimum Gasteiger partial charge on any atom is -0.493 e. The Morgan fingerprint density at radius 2 is 1.67 bits per heavy atom. The van der Waals surface area contributed by atoms with Crippen molar-refractivity contribution in [3.63, 3.8) is 0 Å². The molecule has 1 heterocycles. The van der Waals surface area contributed by atoms with Gasteiger partial charge in [0.1, 0.15) is 17.2 Å². The summed E-state index contributed by atoms with van der Waals surface area (Å²) in [5.41, 5.74) is 0.747. The van der Waals surface area contributed by atoms with Crippen LogP contribution in [0.25, 0.3) is 11.3 Å². The highest BCUT2D eigenvalue weighted by molar-refractivity contribution is 5.76. The Bertz CT molecular complexity index is 1110. The number of alkyl halides is 3. The first-order chi connectivity index (χ1) is 15.4. The summed E-state index contributed by atoms with van der Waals surface area (Å²) < 4.78 is 53.8. The van der Waals surface area contributed by atoms with Crippen molar-refractivity contribution in [3.8, 4) is 28.5 Å². The van der Waals surface area contributed by atoms with Crippen LogP contribution in [0.5, 0.6) is 17.2 Å². The first kappa shape index (κ1) is 24.0. The predicted molar refractivity (Wildman–Crippen MR) is 113 cm³/mol. The molecule has 0 fully saturated rings. The summed E-state index contributed by atoms with van der Waals surface area (Å²) in [6, 6.07) is 14.0. The molecule has 33 heavy (non-hydrogen) atoms. The molecule has 0 unspecified atom stereocenters. The minimum atomic E-state index is -4.74. The lowest BCUT2D eigenvalue weighted by molar-refractivity contribution is -0.274. The van der Waals surface area contributed by atoms with Gasteiger partial charge in [-0.05, 0) is 56.3 Å². The Morgan fingerprint density at radius 3 is 2.30 bits per heavy atom. The van der Waals surface area contributed by atoms with Crippen LogP contribution in [-0.2, 0) is 18.3 Å². The number of rotatable bonds is 9. The first-order valence-electron chi connectivity index (χ1n) is 9.97. The predicted octanol–water partition coefficient (Wildman–Crippen LogP) is 4.85. The van der Waals surface area contributed by atoms with Crippen LogP contribution in [0.3, 0.4) is 0 Å². The molecule has 0 aliphatic carbocycles. The fourth-order valence-electron chi connectivity index (χ4n) is 2.95. The van der Waals surface area contributed by atoms with Gasteiger partial charge in [-0.25, -0.2) is 4.79 Å². The van der Waals surface area contributed by atoms with Crippen LogP contribution in [0.1, 0.15) is 19.5 Å². The zero-order chi connectivity index (χ0) is 24.2. The molecule has 1 N–H and O–H groups in total. The highest BCUT2D eigenvalue weighted by Gasteiger charge is 2.31. The molecule has 3 rings (SSSR count). The highest BCUT2D eigenvalue weighted by Crippen LogP contribution is 2.27. The first-order valence-corrected chi connectivity index (χ1v) is 9.97. The van der Waals surface area contributed by atoms with E-state index in [2.05, 4.69) is 9.84 Å². The van der Waals surface area contributed by atoms with Crippen LogP contribution in [0, 0.1) is 0 Å². The van der Waals surface area contributed by atoms with Gasteiger partial charge in [0.15, 0.2) is 5.60 Å². The number of hydrogen-bond donors (Lipinski definition) is 1. The summed E-state index contributed by atoms with van der Waals surface area (Å²) in [5.74, 6) is -0.478. The molecule has 1 aromatic heterocycles. The maximum atomic E-state index is 12.3. The molecule has 176 valence electrons. The molecule has 0 bridgehead atoms. The Hall–Kier alpha value is -3.69. The molecule has 0 aliphatic heterocycles. The van der Waals surface area contributed by atoms with Gasteiger partial charge in [-0.2, -0.15) is 5.10 Å². The van der Waals surface area contributed by atoms with Crippen LogP contribution >= 0.6 is 0 Å². The molecule has 10 heteroatoms. The number of carbonyl (C=O) groups is 1. The number of aliphatic carboxylic acids is 1.